The molecule has 72 valence electrons. The highest BCUT2D eigenvalue weighted by Crippen LogP contribution is 2.31. The fraction of sp³-hybridized carbons (Fsp3) is 0.875. The van der Waals surface area contributed by atoms with Crippen LogP contribution in [0.1, 0.15) is 26.2 Å². The lowest BCUT2D eigenvalue weighted by molar-refractivity contribution is -0.121. The number of nitrogens with two attached hydrogens (primary N) is 1. The minimum atomic E-state index is -0.366. The van der Waals surface area contributed by atoms with E-state index < -0.39 is 0 Å². The van der Waals surface area contributed by atoms with Crippen LogP contribution < -0.4 is 11.1 Å². The molecule has 0 radical (unpaired) electrons. The Kier molecular flexibility index (Phi) is 5.25. The smallest absolute Gasteiger partial charge is 0.236 e. The Morgan fingerprint density at radius 3 is 2.67 bits per heavy atom. The van der Waals surface area contributed by atoms with E-state index in [9.17, 15) is 4.79 Å². The highest BCUT2D eigenvalue weighted by molar-refractivity contribution is 5.85. The molecule has 0 spiro atoms. The predicted octanol–water partition coefficient (Wildman–Crippen LogP) is 0.672. The summed E-state index contributed by atoms with van der Waals surface area (Å²) in [6.45, 7) is 2.50. The SMILES string of the molecule is CC(N)C(=O)NCCC1CC1.Cl. The second kappa shape index (κ2) is 5.38. The van der Waals surface area contributed by atoms with E-state index >= 15 is 0 Å². The average molecular weight is 193 g/mol. The topological polar surface area (TPSA) is 55.1 Å². The molecule has 0 heterocycles. The molecule has 0 aromatic carbocycles. The Hall–Kier alpha value is -0.280. The Morgan fingerprint density at radius 1 is 1.67 bits per heavy atom. The molecular formula is C8H17ClN2O. The van der Waals surface area contributed by atoms with Crippen molar-refractivity contribution < 1.29 is 4.79 Å². The number of rotatable bonds is 4. The summed E-state index contributed by atoms with van der Waals surface area (Å²) < 4.78 is 0. The molecule has 1 amide bonds. The van der Waals surface area contributed by atoms with Crippen LogP contribution in [0.2, 0.25) is 0 Å². The predicted molar refractivity (Wildman–Crippen MR) is 51.2 cm³/mol. The highest BCUT2D eigenvalue weighted by atomic mass is 35.5. The van der Waals surface area contributed by atoms with Crippen LogP contribution in [0, 0.1) is 5.92 Å². The van der Waals surface area contributed by atoms with Gasteiger partial charge >= 0.3 is 0 Å². The van der Waals surface area contributed by atoms with Crippen molar-refractivity contribution in [3.63, 3.8) is 0 Å². The summed E-state index contributed by atoms with van der Waals surface area (Å²) in [5, 5.41) is 2.79. The van der Waals surface area contributed by atoms with E-state index in [2.05, 4.69) is 5.32 Å². The lowest BCUT2D eigenvalue weighted by Gasteiger charge is -2.06. The van der Waals surface area contributed by atoms with Crippen LogP contribution in [0.3, 0.4) is 0 Å². The first-order valence-corrected chi connectivity index (χ1v) is 4.23. The van der Waals surface area contributed by atoms with Crippen molar-refractivity contribution in [1.82, 2.24) is 5.32 Å². The molecule has 1 unspecified atom stereocenters. The van der Waals surface area contributed by atoms with Gasteiger partial charge in [-0.3, -0.25) is 4.79 Å². The molecule has 1 aliphatic carbocycles. The lowest BCUT2D eigenvalue weighted by atomic mass is 10.3. The molecule has 4 heteroatoms. The van der Waals surface area contributed by atoms with Crippen LogP contribution in [-0.4, -0.2) is 18.5 Å². The summed E-state index contributed by atoms with van der Waals surface area (Å²) in [4.78, 5) is 10.9. The molecule has 0 aromatic heterocycles. The lowest BCUT2D eigenvalue weighted by Crippen LogP contribution is -2.38. The number of hydrogen-bond acceptors (Lipinski definition) is 2. The molecule has 0 bridgehead atoms. The van der Waals surface area contributed by atoms with E-state index in [-0.39, 0.29) is 24.4 Å². The van der Waals surface area contributed by atoms with Crippen molar-refractivity contribution in [3.05, 3.63) is 0 Å². The maximum absolute atomic E-state index is 10.9. The minimum Gasteiger partial charge on any atom is -0.355 e. The Morgan fingerprint density at radius 2 is 2.25 bits per heavy atom. The van der Waals surface area contributed by atoms with Crippen LogP contribution in [0.5, 0.6) is 0 Å². The highest BCUT2D eigenvalue weighted by Gasteiger charge is 2.20. The first-order chi connectivity index (χ1) is 5.20. The van der Waals surface area contributed by atoms with Gasteiger partial charge in [-0.2, -0.15) is 0 Å². The molecule has 3 nitrogen and oxygen atoms in total. The quantitative estimate of drug-likeness (QED) is 0.688. The molecule has 1 saturated carbocycles. The standard InChI is InChI=1S/C8H16N2O.ClH/c1-6(9)8(11)10-5-4-7-2-3-7;/h6-7H,2-5,9H2,1H3,(H,10,11);1H. The van der Waals surface area contributed by atoms with Gasteiger partial charge in [-0.25, -0.2) is 0 Å². The summed E-state index contributed by atoms with van der Waals surface area (Å²) in [7, 11) is 0. The Balaban J connectivity index is 0.00000121. The maximum atomic E-state index is 10.9. The summed E-state index contributed by atoms with van der Waals surface area (Å²) in [5.41, 5.74) is 5.36. The first-order valence-electron chi connectivity index (χ1n) is 4.23. The molecular weight excluding hydrogens is 176 g/mol. The first kappa shape index (κ1) is 11.7. The Bertz CT molecular complexity index is 146. The van der Waals surface area contributed by atoms with E-state index in [0.29, 0.717) is 0 Å². The molecule has 0 aliphatic heterocycles. The number of amides is 1. The number of nitrogens with one attached hydrogen (secondary N) is 1. The fourth-order valence-electron chi connectivity index (χ4n) is 0.967. The van der Waals surface area contributed by atoms with Crippen molar-refractivity contribution >= 4 is 18.3 Å². The van der Waals surface area contributed by atoms with Crippen LogP contribution in [0.25, 0.3) is 0 Å². The third-order valence-corrected chi connectivity index (χ3v) is 1.96. The van der Waals surface area contributed by atoms with E-state index in [1.807, 2.05) is 0 Å². The number of carbonyl (C=O) groups is 1. The number of hydrogen-bond donors (Lipinski definition) is 2. The van der Waals surface area contributed by atoms with Gasteiger partial charge in [0.1, 0.15) is 0 Å². The van der Waals surface area contributed by atoms with Gasteiger partial charge in [0, 0.05) is 6.54 Å². The van der Waals surface area contributed by atoms with Crippen molar-refractivity contribution in [2.45, 2.75) is 32.2 Å². The van der Waals surface area contributed by atoms with Gasteiger partial charge < -0.3 is 11.1 Å². The molecule has 1 aliphatic rings. The zero-order chi connectivity index (χ0) is 8.27. The number of halogens is 1. The van der Waals surface area contributed by atoms with Gasteiger partial charge in [0.25, 0.3) is 0 Å². The van der Waals surface area contributed by atoms with E-state index in [0.717, 1.165) is 18.9 Å². The molecule has 0 saturated heterocycles. The van der Waals surface area contributed by atoms with Gasteiger partial charge in [0.15, 0.2) is 0 Å². The molecule has 1 rings (SSSR count). The van der Waals surface area contributed by atoms with Gasteiger partial charge in [-0.05, 0) is 19.3 Å². The second-order valence-electron chi connectivity index (χ2n) is 3.31. The van der Waals surface area contributed by atoms with Crippen molar-refractivity contribution in [2.24, 2.45) is 11.7 Å². The number of carbonyl (C=O) groups excluding carboxylic acids is 1. The summed E-state index contributed by atoms with van der Waals surface area (Å²) in [5.74, 6) is 0.842. The van der Waals surface area contributed by atoms with Crippen molar-refractivity contribution in [2.75, 3.05) is 6.54 Å². The third kappa shape index (κ3) is 4.57. The van der Waals surface area contributed by atoms with E-state index in [4.69, 9.17) is 5.73 Å². The summed E-state index contributed by atoms with van der Waals surface area (Å²) in [6.07, 6.45) is 3.81. The molecule has 1 fully saturated rings. The van der Waals surface area contributed by atoms with Crippen LogP contribution in [0.4, 0.5) is 0 Å². The van der Waals surface area contributed by atoms with E-state index in [1.54, 1.807) is 6.92 Å². The van der Waals surface area contributed by atoms with Gasteiger partial charge in [0.05, 0.1) is 6.04 Å². The van der Waals surface area contributed by atoms with Crippen molar-refractivity contribution in [1.29, 1.82) is 0 Å². The molecule has 12 heavy (non-hydrogen) atoms. The largest absolute Gasteiger partial charge is 0.355 e. The van der Waals surface area contributed by atoms with Crippen LogP contribution >= 0.6 is 12.4 Å². The normalized spacial score (nSPS) is 17.8. The Labute approximate surface area is 79.5 Å². The minimum absolute atomic E-state index is 0. The van der Waals surface area contributed by atoms with Gasteiger partial charge in [-0.15, -0.1) is 12.4 Å². The molecule has 1 atom stereocenters. The maximum Gasteiger partial charge on any atom is 0.236 e. The van der Waals surface area contributed by atoms with Gasteiger partial charge in [-0.1, -0.05) is 12.8 Å². The van der Waals surface area contributed by atoms with Gasteiger partial charge in [0.2, 0.25) is 5.91 Å². The van der Waals surface area contributed by atoms with Crippen molar-refractivity contribution in [3.8, 4) is 0 Å². The van der Waals surface area contributed by atoms with Crippen LogP contribution in [0.15, 0.2) is 0 Å². The second-order valence-corrected chi connectivity index (χ2v) is 3.31. The van der Waals surface area contributed by atoms with E-state index in [1.165, 1.54) is 12.8 Å². The third-order valence-electron chi connectivity index (χ3n) is 1.96. The summed E-state index contributed by atoms with van der Waals surface area (Å²) in [6, 6.07) is -0.366. The molecule has 0 aromatic rings. The zero-order valence-corrected chi connectivity index (χ0v) is 8.19. The monoisotopic (exact) mass is 192 g/mol. The summed E-state index contributed by atoms with van der Waals surface area (Å²) >= 11 is 0. The average Bonchev–Trinajstić information content (AvgIpc) is 2.71. The zero-order valence-electron chi connectivity index (χ0n) is 7.38. The molecule has 3 N–H and O–H groups in total. The van der Waals surface area contributed by atoms with Crippen LogP contribution in [-0.2, 0) is 4.79 Å². The fourth-order valence-corrected chi connectivity index (χ4v) is 0.967.